The summed E-state index contributed by atoms with van der Waals surface area (Å²) in [6.07, 6.45) is 4.65. The third kappa shape index (κ3) is 3.01. The van der Waals surface area contributed by atoms with E-state index in [1.54, 1.807) is 6.07 Å². The molecule has 18 heavy (non-hydrogen) atoms. The van der Waals surface area contributed by atoms with Crippen molar-refractivity contribution in [2.45, 2.75) is 52.6 Å². The van der Waals surface area contributed by atoms with Gasteiger partial charge in [0.25, 0.3) is 0 Å². The van der Waals surface area contributed by atoms with Crippen molar-refractivity contribution < 1.29 is 4.74 Å². The third-order valence-corrected chi connectivity index (χ3v) is 3.68. The Morgan fingerprint density at radius 1 is 1.33 bits per heavy atom. The molecule has 1 saturated carbocycles. The first-order chi connectivity index (χ1) is 8.50. The number of hydrogen-bond acceptors (Lipinski definition) is 3. The fraction of sp³-hybridized carbons (Fsp3) is 0.600. The molecule has 0 atom stereocenters. The van der Waals surface area contributed by atoms with Crippen LogP contribution in [0.2, 0.25) is 0 Å². The van der Waals surface area contributed by atoms with Gasteiger partial charge in [0, 0.05) is 5.69 Å². The zero-order chi connectivity index (χ0) is 13.2. The monoisotopic (exact) mass is 244 g/mol. The second-order valence-corrected chi connectivity index (χ2v) is 5.90. The Morgan fingerprint density at radius 3 is 2.61 bits per heavy atom. The second kappa shape index (κ2) is 4.97. The van der Waals surface area contributed by atoms with E-state index in [-0.39, 0.29) is 6.10 Å². The first-order valence-corrected chi connectivity index (χ1v) is 6.54. The van der Waals surface area contributed by atoms with Crippen molar-refractivity contribution in [3.8, 4) is 11.9 Å². The van der Waals surface area contributed by atoms with Gasteiger partial charge in [0.05, 0.1) is 0 Å². The molecule has 0 amide bonds. The maximum Gasteiger partial charge on any atom is 0.232 e. The van der Waals surface area contributed by atoms with Gasteiger partial charge < -0.3 is 4.74 Å². The number of nitrogens with zero attached hydrogens (tertiary/aromatic N) is 2. The van der Waals surface area contributed by atoms with Crippen molar-refractivity contribution in [2.24, 2.45) is 5.41 Å². The summed E-state index contributed by atoms with van der Waals surface area (Å²) >= 11 is 0. The van der Waals surface area contributed by atoms with Gasteiger partial charge in [-0.05, 0) is 50.2 Å². The van der Waals surface area contributed by atoms with Gasteiger partial charge in [-0.15, -0.1) is 0 Å². The van der Waals surface area contributed by atoms with Crippen molar-refractivity contribution in [2.75, 3.05) is 0 Å². The summed E-state index contributed by atoms with van der Waals surface area (Å²) in [5.41, 5.74) is 1.85. The molecule has 0 aromatic carbocycles. The predicted molar refractivity (Wildman–Crippen MR) is 70.4 cm³/mol. The highest BCUT2D eigenvalue weighted by Crippen LogP contribution is 2.36. The molecular weight excluding hydrogens is 224 g/mol. The molecule has 0 aliphatic heterocycles. The Morgan fingerprint density at radius 2 is 2.00 bits per heavy atom. The van der Waals surface area contributed by atoms with Gasteiger partial charge in [0.15, 0.2) is 0 Å². The van der Waals surface area contributed by atoms with E-state index in [9.17, 15) is 0 Å². The van der Waals surface area contributed by atoms with Gasteiger partial charge in [-0.2, -0.15) is 5.26 Å². The number of rotatable bonds is 2. The molecule has 1 aromatic heterocycles. The largest absolute Gasteiger partial charge is 0.473 e. The predicted octanol–water partition coefficient (Wildman–Crippen LogP) is 3.61. The fourth-order valence-corrected chi connectivity index (χ4v) is 2.36. The number of aromatic nitrogens is 1. The van der Waals surface area contributed by atoms with E-state index in [2.05, 4.69) is 24.9 Å². The van der Waals surface area contributed by atoms with Gasteiger partial charge >= 0.3 is 0 Å². The Kier molecular flexibility index (Phi) is 3.56. The normalized spacial score (nSPS) is 19.2. The Bertz CT molecular complexity index is 464. The lowest BCUT2D eigenvalue weighted by Gasteiger charge is -2.34. The van der Waals surface area contributed by atoms with Crippen LogP contribution in [-0.2, 0) is 0 Å². The maximum atomic E-state index is 9.05. The molecule has 1 aliphatic carbocycles. The van der Waals surface area contributed by atoms with Crippen LogP contribution in [0.5, 0.6) is 5.88 Å². The molecule has 1 fully saturated rings. The van der Waals surface area contributed by atoms with Crippen LogP contribution in [0.1, 0.15) is 50.8 Å². The fourth-order valence-electron chi connectivity index (χ4n) is 2.36. The van der Waals surface area contributed by atoms with Crippen LogP contribution in [0.4, 0.5) is 0 Å². The number of hydrogen-bond donors (Lipinski definition) is 0. The molecule has 0 radical (unpaired) electrons. The first-order valence-electron chi connectivity index (χ1n) is 6.54. The van der Waals surface area contributed by atoms with Crippen LogP contribution < -0.4 is 4.74 Å². The minimum atomic E-state index is 0.208. The van der Waals surface area contributed by atoms with Crippen molar-refractivity contribution in [1.29, 1.82) is 5.26 Å². The molecule has 2 rings (SSSR count). The van der Waals surface area contributed by atoms with Crippen molar-refractivity contribution >= 4 is 0 Å². The van der Waals surface area contributed by atoms with E-state index < -0.39 is 0 Å². The molecule has 0 spiro atoms. The van der Waals surface area contributed by atoms with E-state index in [1.165, 1.54) is 12.8 Å². The summed E-state index contributed by atoms with van der Waals surface area (Å²) in [4.78, 5) is 4.33. The topological polar surface area (TPSA) is 45.9 Å². The molecule has 1 heterocycles. The van der Waals surface area contributed by atoms with Crippen LogP contribution in [0, 0.1) is 23.7 Å². The molecule has 0 N–H and O–H groups in total. The van der Waals surface area contributed by atoms with Crippen molar-refractivity contribution in [1.82, 2.24) is 4.98 Å². The smallest absolute Gasteiger partial charge is 0.232 e. The van der Waals surface area contributed by atoms with E-state index in [0.29, 0.717) is 16.9 Å². The minimum Gasteiger partial charge on any atom is -0.473 e. The van der Waals surface area contributed by atoms with Crippen LogP contribution in [0.3, 0.4) is 0 Å². The SMILES string of the molecule is Cc1ccc(C#N)c(OC2CCC(C)(C)CC2)n1. The molecule has 3 heteroatoms. The zero-order valence-corrected chi connectivity index (χ0v) is 11.4. The van der Waals surface area contributed by atoms with Gasteiger partial charge in [0.1, 0.15) is 17.7 Å². The third-order valence-electron chi connectivity index (χ3n) is 3.68. The second-order valence-electron chi connectivity index (χ2n) is 5.90. The summed E-state index contributed by atoms with van der Waals surface area (Å²) in [6, 6.07) is 5.77. The highest BCUT2D eigenvalue weighted by molar-refractivity contribution is 5.38. The Hall–Kier alpha value is -1.56. The summed E-state index contributed by atoms with van der Waals surface area (Å²) in [5, 5.41) is 9.05. The maximum absolute atomic E-state index is 9.05. The highest BCUT2D eigenvalue weighted by Gasteiger charge is 2.28. The summed E-state index contributed by atoms with van der Waals surface area (Å²) < 4.78 is 5.92. The van der Waals surface area contributed by atoms with Gasteiger partial charge in [-0.25, -0.2) is 4.98 Å². The van der Waals surface area contributed by atoms with Crippen LogP contribution in [-0.4, -0.2) is 11.1 Å². The van der Waals surface area contributed by atoms with E-state index in [4.69, 9.17) is 10.00 Å². The molecule has 3 nitrogen and oxygen atoms in total. The molecule has 0 unspecified atom stereocenters. The molecule has 96 valence electrons. The van der Waals surface area contributed by atoms with Crippen LogP contribution in [0.25, 0.3) is 0 Å². The average molecular weight is 244 g/mol. The first kappa shape index (κ1) is 12.9. The lowest BCUT2D eigenvalue weighted by molar-refractivity contribution is 0.0945. The number of ether oxygens (including phenoxy) is 1. The highest BCUT2D eigenvalue weighted by atomic mass is 16.5. The lowest BCUT2D eigenvalue weighted by Crippen LogP contribution is -2.28. The van der Waals surface area contributed by atoms with Crippen LogP contribution in [0.15, 0.2) is 12.1 Å². The summed E-state index contributed by atoms with van der Waals surface area (Å²) in [7, 11) is 0. The number of pyridine rings is 1. The van der Waals surface area contributed by atoms with E-state index >= 15 is 0 Å². The summed E-state index contributed by atoms with van der Waals surface area (Å²) in [6.45, 7) is 6.52. The van der Waals surface area contributed by atoms with Crippen molar-refractivity contribution in [3.63, 3.8) is 0 Å². The van der Waals surface area contributed by atoms with E-state index in [0.717, 1.165) is 18.5 Å². The number of aryl methyl sites for hydroxylation is 1. The molecular formula is C15H20N2O. The molecule has 1 aliphatic rings. The number of nitriles is 1. The Labute approximate surface area is 109 Å². The quantitative estimate of drug-likeness (QED) is 0.798. The standard InChI is InChI=1S/C15H20N2O/c1-11-4-5-12(10-16)14(17-11)18-13-6-8-15(2,3)9-7-13/h4-5,13H,6-9H2,1-3H3. The molecule has 0 bridgehead atoms. The minimum absolute atomic E-state index is 0.208. The Balaban J connectivity index is 2.07. The van der Waals surface area contributed by atoms with Crippen LogP contribution >= 0.6 is 0 Å². The molecule has 0 saturated heterocycles. The zero-order valence-electron chi connectivity index (χ0n) is 11.4. The van der Waals surface area contributed by atoms with E-state index in [1.807, 2.05) is 13.0 Å². The molecule has 1 aromatic rings. The van der Waals surface area contributed by atoms with Crippen molar-refractivity contribution in [3.05, 3.63) is 23.4 Å². The van der Waals surface area contributed by atoms with Gasteiger partial charge in [-0.3, -0.25) is 0 Å². The lowest BCUT2D eigenvalue weighted by atomic mass is 9.76. The van der Waals surface area contributed by atoms with Gasteiger partial charge in [-0.1, -0.05) is 13.8 Å². The summed E-state index contributed by atoms with van der Waals surface area (Å²) in [5.74, 6) is 0.502. The average Bonchev–Trinajstić information content (AvgIpc) is 2.32. The van der Waals surface area contributed by atoms with Gasteiger partial charge in [0.2, 0.25) is 5.88 Å².